The monoisotopic (exact) mass is 380 g/mol. The summed E-state index contributed by atoms with van der Waals surface area (Å²) in [6.07, 6.45) is 4.45. The second kappa shape index (κ2) is 8.71. The fourth-order valence-corrected chi connectivity index (χ4v) is 3.97. The third kappa shape index (κ3) is 4.40. The van der Waals surface area contributed by atoms with E-state index < -0.39 is 11.9 Å². The molecule has 6 heteroatoms. The van der Waals surface area contributed by atoms with Gasteiger partial charge in [0.25, 0.3) is 0 Å². The molecular formula is C22H24N2O4. The number of aliphatic carboxylic acids is 2. The van der Waals surface area contributed by atoms with Crippen molar-refractivity contribution in [1.29, 1.82) is 0 Å². The smallest absolute Gasteiger partial charge is 0.328 e. The Morgan fingerprint density at radius 2 is 1.57 bits per heavy atom. The van der Waals surface area contributed by atoms with E-state index in [0.717, 1.165) is 19.4 Å². The molecule has 0 bridgehead atoms. The van der Waals surface area contributed by atoms with E-state index in [0.29, 0.717) is 18.2 Å². The SMILES string of the molecule is NC1CCCN2c3ccccc3Cc3ccccc3C12.O=C(O)/C=C\C(=O)O. The number of carbonyl (C=O) groups is 2. The summed E-state index contributed by atoms with van der Waals surface area (Å²) in [5.41, 5.74) is 12.2. The van der Waals surface area contributed by atoms with Crippen LogP contribution in [0.2, 0.25) is 0 Å². The molecule has 0 aliphatic carbocycles. The summed E-state index contributed by atoms with van der Waals surface area (Å²) in [5.74, 6) is -2.51. The van der Waals surface area contributed by atoms with E-state index >= 15 is 0 Å². The maximum atomic E-state index is 9.55. The van der Waals surface area contributed by atoms with Gasteiger partial charge in [0.1, 0.15) is 0 Å². The molecule has 2 atom stereocenters. The lowest BCUT2D eigenvalue weighted by Crippen LogP contribution is -2.46. The number of carboxylic acid groups (broad SMARTS) is 2. The van der Waals surface area contributed by atoms with Crippen molar-refractivity contribution >= 4 is 17.6 Å². The number of carboxylic acids is 2. The molecule has 6 nitrogen and oxygen atoms in total. The molecule has 0 saturated carbocycles. The van der Waals surface area contributed by atoms with Crippen LogP contribution in [-0.2, 0) is 16.0 Å². The molecule has 4 rings (SSSR count). The van der Waals surface area contributed by atoms with E-state index in [-0.39, 0.29) is 6.04 Å². The third-order valence-corrected chi connectivity index (χ3v) is 5.10. The van der Waals surface area contributed by atoms with Crippen LogP contribution >= 0.6 is 0 Å². The van der Waals surface area contributed by atoms with E-state index in [9.17, 15) is 9.59 Å². The fourth-order valence-electron chi connectivity index (χ4n) is 3.97. The number of nitrogens with zero attached hydrogens (tertiary/aromatic N) is 1. The second-order valence-corrected chi connectivity index (χ2v) is 6.96. The van der Waals surface area contributed by atoms with E-state index in [4.69, 9.17) is 15.9 Å². The first-order valence-electron chi connectivity index (χ1n) is 9.29. The Kier molecular flexibility index (Phi) is 6.11. The number of nitrogens with two attached hydrogens (primary N) is 1. The van der Waals surface area contributed by atoms with Crippen LogP contribution < -0.4 is 10.6 Å². The van der Waals surface area contributed by atoms with Crippen LogP contribution in [0.3, 0.4) is 0 Å². The zero-order valence-electron chi connectivity index (χ0n) is 15.5. The number of rotatable bonds is 2. The van der Waals surface area contributed by atoms with Gasteiger partial charge in [0.15, 0.2) is 0 Å². The Balaban J connectivity index is 0.000000242. The average Bonchev–Trinajstić information content (AvgIpc) is 2.82. The lowest BCUT2D eigenvalue weighted by molar-refractivity contribution is -0.134. The molecule has 28 heavy (non-hydrogen) atoms. The van der Waals surface area contributed by atoms with Crippen LogP contribution in [-0.4, -0.2) is 34.7 Å². The number of anilines is 1. The molecule has 2 aromatic rings. The lowest BCUT2D eigenvalue weighted by atomic mass is 9.88. The highest BCUT2D eigenvalue weighted by molar-refractivity contribution is 5.89. The molecule has 1 saturated heterocycles. The van der Waals surface area contributed by atoms with E-state index in [2.05, 4.69) is 53.4 Å². The quantitative estimate of drug-likeness (QED) is 0.692. The topological polar surface area (TPSA) is 104 Å². The van der Waals surface area contributed by atoms with Gasteiger partial charge in [-0.1, -0.05) is 42.5 Å². The molecule has 0 amide bonds. The van der Waals surface area contributed by atoms with Gasteiger partial charge in [-0.25, -0.2) is 9.59 Å². The lowest BCUT2D eigenvalue weighted by Gasteiger charge is -2.41. The highest BCUT2D eigenvalue weighted by atomic mass is 16.4. The summed E-state index contributed by atoms with van der Waals surface area (Å²) >= 11 is 0. The van der Waals surface area contributed by atoms with E-state index in [1.54, 1.807) is 0 Å². The molecule has 2 unspecified atom stereocenters. The zero-order chi connectivity index (χ0) is 20.1. The first-order valence-corrected chi connectivity index (χ1v) is 9.29. The molecule has 0 spiro atoms. The molecule has 4 N–H and O–H groups in total. The van der Waals surface area contributed by atoms with E-state index in [1.165, 1.54) is 28.8 Å². The molecule has 1 fully saturated rings. The summed E-state index contributed by atoms with van der Waals surface area (Å²) in [6, 6.07) is 18.2. The van der Waals surface area contributed by atoms with Gasteiger partial charge in [0.05, 0.1) is 6.04 Å². The number of para-hydroxylation sites is 1. The van der Waals surface area contributed by atoms with Crippen molar-refractivity contribution in [1.82, 2.24) is 0 Å². The van der Waals surface area contributed by atoms with Crippen molar-refractivity contribution in [3.63, 3.8) is 0 Å². The second-order valence-electron chi connectivity index (χ2n) is 6.96. The van der Waals surface area contributed by atoms with Crippen LogP contribution in [0.1, 0.15) is 35.6 Å². The summed E-state index contributed by atoms with van der Waals surface area (Å²) in [5, 5.41) is 15.6. The average molecular weight is 380 g/mol. The molecule has 2 aliphatic rings. The first-order chi connectivity index (χ1) is 13.5. The number of hydrogen-bond donors (Lipinski definition) is 3. The molecule has 2 aromatic carbocycles. The van der Waals surface area contributed by atoms with Crippen molar-refractivity contribution < 1.29 is 19.8 Å². The van der Waals surface area contributed by atoms with Gasteiger partial charge in [-0.3, -0.25) is 0 Å². The minimum Gasteiger partial charge on any atom is -0.478 e. The summed E-state index contributed by atoms with van der Waals surface area (Å²) in [6.45, 7) is 1.11. The van der Waals surface area contributed by atoms with Crippen molar-refractivity contribution in [2.24, 2.45) is 5.73 Å². The first kappa shape index (κ1) is 19.6. The van der Waals surface area contributed by atoms with Gasteiger partial charge < -0.3 is 20.8 Å². The van der Waals surface area contributed by atoms with Crippen molar-refractivity contribution in [3.8, 4) is 0 Å². The Morgan fingerprint density at radius 3 is 2.25 bits per heavy atom. The summed E-state index contributed by atoms with van der Waals surface area (Å²) in [4.78, 5) is 21.6. The largest absolute Gasteiger partial charge is 0.478 e. The van der Waals surface area contributed by atoms with Gasteiger partial charge in [-0.15, -0.1) is 0 Å². The molecule has 0 aromatic heterocycles. The predicted molar refractivity (Wildman–Crippen MR) is 107 cm³/mol. The Morgan fingerprint density at radius 1 is 0.964 bits per heavy atom. The third-order valence-electron chi connectivity index (χ3n) is 5.10. The Bertz CT molecular complexity index is 878. The van der Waals surface area contributed by atoms with Gasteiger partial charge in [-0.05, 0) is 42.0 Å². The normalized spacial score (nSPS) is 20.1. The van der Waals surface area contributed by atoms with Crippen molar-refractivity contribution in [3.05, 3.63) is 77.4 Å². The molecule has 2 heterocycles. The van der Waals surface area contributed by atoms with Crippen LogP contribution in [0.15, 0.2) is 60.7 Å². The fraction of sp³-hybridized carbons (Fsp3) is 0.273. The van der Waals surface area contributed by atoms with Crippen LogP contribution in [0.25, 0.3) is 0 Å². The zero-order valence-corrected chi connectivity index (χ0v) is 15.5. The van der Waals surface area contributed by atoms with E-state index in [1.807, 2.05) is 0 Å². The minimum atomic E-state index is -1.26. The maximum Gasteiger partial charge on any atom is 0.328 e. The number of hydrogen-bond acceptors (Lipinski definition) is 4. The summed E-state index contributed by atoms with van der Waals surface area (Å²) < 4.78 is 0. The van der Waals surface area contributed by atoms with Crippen LogP contribution in [0.5, 0.6) is 0 Å². The summed E-state index contributed by atoms with van der Waals surface area (Å²) in [7, 11) is 0. The Hall–Kier alpha value is -3.12. The molecule has 146 valence electrons. The van der Waals surface area contributed by atoms with Gasteiger partial charge in [-0.2, -0.15) is 0 Å². The highest BCUT2D eigenvalue weighted by Crippen LogP contribution is 2.41. The Labute approximate surface area is 163 Å². The number of piperidine rings is 1. The van der Waals surface area contributed by atoms with Gasteiger partial charge in [0.2, 0.25) is 0 Å². The predicted octanol–water partition coefficient (Wildman–Crippen LogP) is 2.97. The number of fused-ring (bicyclic) bond motifs is 5. The minimum absolute atomic E-state index is 0.232. The van der Waals surface area contributed by atoms with Crippen LogP contribution in [0.4, 0.5) is 5.69 Å². The van der Waals surface area contributed by atoms with Gasteiger partial charge >= 0.3 is 11.9 Å². The van der Waals surface area contributed by atoms with Crippen LogP contribution in [0, 0.1) is 0 Å². The highest BCUT2D eigenvalue weighted by Gasteiger charge is 2.34. The molecule has 2 aliphatic heterocycles. The molecule has 0 radical (unpaired) electrons. The standard InChI is InChI=1S/C18H20N2.C4H4O4/c19-16-9-5-11-20-17-10-4-2-7-14(17)12-13-6-1-3-8-15(13)18(16)20;5-3(6)1-2-4(7)8/h1-4,6-8,10,16,18H,5,9,11-12,19H2;1-2H,(H,5,6)(H,7,8)/b;2-1-. The number of benzene rings is 2. The van der Waals surface area contributed by atoms with Crippen molar-refractivity contribution in [2.45, 2.75) is 31.3 Å². The molecular weight excluding hydrogens is 356 g/mol. The van der Waals surface area contributed by atoms with Gasteiger partial charge in [0, 0.05) is 30.4 Å². The van der Waals surface area contributed by atoms with Crippen molar-refractivity contribution in [2.75, 3.05) is 11.4 Å². The maximum absolute atomic E-state index is 9.55.